The fourth-order valence-electron chi connectivity index (χ4n) is 8.81. The molecule has 4 nitrogen and oxygen atoms in total. The molecule has 0 spiro atoms. The van der Waals surface area contributed by atoms with Crippen molar-refractivity contribution in [3.8, 4) is 45.0 Å². The molecule has 0 aliphatic rings. The molecular formula is C56H35N3OS. The zero-order valence-electron chi connectivity index (χ0n) is 32.9. The number of rotatable bonds is 7. The van der Waals surface area contributed by atoms with Gasteiger partial charge >= 0.3 is 0 Å². The van der Waals surface area contributed by atoms with Gasteiger partial charge in [-0.1, -0.05) is 152 Å². The van der Waals surface area contributed by atoms with E-state index in [4.69, 9.17) is 14.4 Å². The highest BCUT2D eigenvalue weighted by molar-refractivity contribution is 7.25. The van der Waals surface area contributed by atoms with Gasteiger partial charge in [0.2, 0.25) is 0 Å². The Morgan fingerprint density at radius 3 is 1.70 bits per heavy atom. The Morgan fingerprint density at radius 2 is 0.967 bits per heavy atom. The zero-order chi connectivity index (χ0) is 40.3. The maximum absolute atomic E-state index is 6.79. The van der Waals surface area contributed by atoms with Crippen molar-refractivity contribution >= 4 is 81.3 Å². The Balaban J connectivity index is 1.05. The van der Waals surface area contributed by atoms with E-state index in [1.54, 1.807) is 0 Å². The van der Waals surface area contributed by atoms with E-state index in [0.29, 0.717) is 5.82 Å². The van der Waals surface area contributed by atoms with E-state index in [1.165, 1.54) is 20.2 Å². The minimum atomic E-state index is 0.647. The van der Waals surface area contributed by atoms with Gasteiger partial charge in [0.25, 0.3) is 0 Å². The van der Waals surface area contributed by atoms with E-state index in [0.717, 1.165) is 89.0 Å². The van der Waals surface area contributed by atoms with Gasteiger partial charge in [-0.25, -0.2) is 9.97 Å². The maximum atomic E-state index is 6.79. The summed E-state index contributed by atoms with van der Waals surface area (Å²) in [7, 11) is 0. The lowest BCUT2D eigenvalue weighted by atomic mass is 9.92. The van der Waals surface area contributed by atoms with Gasteiger partial charge in [-0.05, 0) is 77.2 Å². The summed E-state index contributed by atoms with van der Waals surface area (Å²) in [5, 5.41) is 6.77. The number of hydrogen-bond donors (Lipinski definition) is 0. The first-order valence-electron chi connectivity index (χ1n) is 20.5. The van der Waals surface area contributed by atoms with E-state index < -0.39 is 0 Å². The Hall–Kier alpha value is -7.86. The van der Waals surface area contributed by atoms with E-state index in [2.05, 4.69) is 193 Å². The molecule has 0 bridgehead atoms. The number of nitrogens with zero attached hydrogens (tertiary/aromatic N) is 3. The van der Waals surface area contributed by atoms with Crippen molar-refractivity contribution in [3.05, 3.63) is 212 Å². The van der Waals surface area contributed by atoms with Crippen LogP contribution in [0.4, 0.5) is 17.1 Å². The Kier molecular flexibility index (Phi) is 8.32. The van der Waals surface area contributed by atoms with Crippen LogP contribution in [0.15, 0.2) is 217 Å². The topological polar surface area (TPSA) is 42.2 Å². The van der Waals surface area contributed by atoms with Crippen LogP contribution in [0.3, 0.4) is 0 Å². The van der Waals surface area contributed by atoms with Crippen LogP contribution in [0.2, 0.25) is 0 Å². The zero-order valence-corrected chi connectivity index (χ0v) is 33.7. The summed E-state index contributed by atoms with van der Waals surface area (Å²) in [4.78, 5) is 12.9. The first kappa shape index (κ1) is 35.1. The minimum Gasteiger partial charge on any atom is -0.455 e. The van der Waals surface area contributed by atoms with Crippen LogP contribution >= 0.6 is 11.3 Å². The van der Waals surface area contributed by atoms with Gasteiger partial charge in [0.15, 0.2) is 5.82 Å². The lowest BCUT2D eigenvalue weighted by Crippen LogP contribution is -2.09. The van der Waals surface area contributed by atoms with Crippen molar-refractivity contribution in [1.29, 1.82) is 0 Å². The van der Waals surface area contributed by atoms with E-state index in [-0.39, 0.29) is 0 Å². The molecule has 9 aromatic carbocycles. The summed E-state index contributed by atoms with van der Waals surface area (Å²) < 4.78 is 9.36. The van der Waals surface area contributed by atoms with Crippen molar-refractivity contribution < 1.29 is 4.42 Å². The van der Waals surface area contributed by atoms with Gasteiger partial charge in [-0.15, -0.1) is 11.3 Å². The van der Waals surface area contributed by atoms with Crippen LogP contribution in [-0.4, -0.2) is 9.97 Å². The molecule has 0 fully saturated rings. The van der Waals surface area contributed by atoms with Crippen molar-refractivity contribution in [2.45, 2.75) is 0 Å². The molecule has 0 N–H and O–H groups in total. The number of benzene rings is 9. The third kappa shape index (κ3) is 6.05. The van der Waals surface area contributed by atoms with Crippen LogP contribution in [-0.2, 0) is 0 Å². The summed E-state index contributed by atoms with van der Waals surface area (Å²) in [5.41, 5.74) is 11.9. The van der Waals surface area contributed by atoms with E-state index >= 15 is 0 Å². The third-order valence-electron chi connectivity index (χ3n) is 11.7. The lowest BCUT2D eigenvalue weighted by molar-refractivity contribution is 0.673. The number of hydrogen-bond acceptors (Lipinski definition) is 5. The number of anilines is 3. The number of aromatic nitrogens is 2. The first-order valence-corrected chi connectivity index (χ1v) is 21.3. The molecule has 0 aliphatic heterocycles. The lowest BCUT2D eigenvalue weighted by Gasteiger charge is -2.26. The molecule has 0 unspecified atom stereocenters. The van der Waals surface area contributed by atoms with E-state index in [1.807, 2.05) is 35.6 Å². The average molecular weight is 798 g/mol. The molecule has 0 aliphatic carbocycles. The Bertz CT molecular complexity index is 3520. The predicted molar refractivity (Wildman–Crippen MR) is 256 cm³/mol. The van der Waals surface area contributed by atoms with Gasteiger partial charge in [0, 0.05) is 70.1 Å². The monoisotopic (exact) mass is 797 g/mol. The second-order valence-corrected chi connectivity index (χ2v) is 16.4. The van der Waals surface area contributed by atoms with Crippen molar-refractivity contribution in [2.24, 2.45) is 0 Å². The Morgan fingerprint density at radius 1 is 0.377 bits per heavy atom. The van der Waals surface area contributed by atoms with Crippen LogP contribution in [0.5, 0.6) is 0 Å². The Labute approximate surface area is 356 Å². The van der Waals surface area contributed by atoms with Crippen molar-refractivity contribution in [2.75, 3.05) is 4.90 Å². The molecule has 0 atom stereocenters. The molecule has 12 rings (SSSR count). The van der Waals surface area contributed by atoms with Crippen molar-refractivity contribution in [3.63, 3.8) is 0 Å². The molecule has 5 heteroatoms. The van der Waals surface area contributed by atoms with Crippen LogP contribution in [0, 0.1) is 0 Å². The predicted octanol–water partition coefficient (Wildman–Crippen LogP) is 16.0. The number of furan rings is 1. The molecule has 61 heavy (non-hydrogen) atoms. The summed E-state index contributed by atoms with van der Waals surface area (Å²) >= 11 is 1.84. The summed E-state index contributed by atoms with van der Waals surface area (Å²) in [5.74, 6) is 0.647. The smallest absolute Gasteiger partial charge is 0.161 e. The molecule has 0 amide bonds. The highest BCUT2D eigenvalue weighted by Gasteiger charge is 2.21. The van der Waals surface area contributed by atoms with E-state index in [9.17, 15) is 0 Å². The molecule has 0 radical (unpaired) electrons. The van der Waals surface area contributed by atoms with Crippen LogP contribution < -0.4 is 4.90 Å². The van der Waals surface area contributed by atoms with Gasteiger partial charge < -0.3 is 9.32 Å². The second-order valence-electron chi connectivity index (χ2n) is 15.3. The molecule has 286 valence electrons. The largest absolute Gasteiger partial charge is 0.455 e. The second kappa shape index (κ2) is 14.5. The number of para-hydroxylation sites is 2. The minimum absolute atomic E-state index is 0.647. The third-order valence-corrected chi connectivity index (χ3v) is 12.8. The standard InChI is InChI=1S/C56H35N3OS/c1-4-15-37(16-5-1)49-35-50(38-17-6-2-7-18-38)58-56(57-49)46-24-14-23-45-47(34-48-42-21-10-12-25-51(42)60-55(48)54(45)46)36-27-29-40(30-28-36)59(39-19-8-3-9-20-39)41-31-32-44-43-22-11-13-26-52(43)61-53(44)33-41/h1-35H. The molecule has 3 aromatic heterocycles. The summed E-state index contributed by atoms with van der Waals surface area (Å²) in [6, 6.07) is 74.9. The molecule has 3 heterocycles. The van der Waals surface area contributed by atoms with Gasteiger partial charge in [-0.2, -0.15) is 0 Å². The normalized spacial score (nSPS) is 11.6. The maximum Gasteiger partial charge on any atom is 0.161 e. The fraction of sp³-hybridized carbons (Fsp3) is 0. The summed E-state index contributed by atoms with van der Waals surface area (Å²) in [6.07, 6.45) is 0. The molecule has 12 aromatic rings. The average Bonchev–Trinajstić information content (AvgIpc) is 3.90. The van der Waals surface area contributed by atoms with Gasteiger partial charge in [0.05, 0.1) is 11.4 Å². The highest BCUT2D eigenvalue weighted by atomic mass is 32.1. The highest BCUT2D eigenvalue weighted by Crippen LogP contribution is 2.45. The van der Waals surface area contributed by atoms with Crippen molar-refractivity contribution in [1.82, 2.24) is 9.97 Å². The van der Waals surface area contributed by atoms with Crippen LogP contribution in [0.25, 0.3) is 97.9 Å². The van der Waals surface area contributed by atoms with Gasteiger partial charge in [0.1, 0.15) is 11.2 Å². The van der Waals surface area contributed by atoms with Gasteiger partial charge in [-0.3, -0.25) is 0 Å². The quantitative estimate of drug-likeness (QED) is 0.161. The fourth-order valence-corrected chi connectivity index (χ4v) is 9.95. The molecule has 0 saturated heterocycles. The summed E-state index contributed by atoms with van der Waals surface area (Å²) in [6.45, 7) is 0. The first-order chi connectivity index (χ1) is 30.2. The number of thiophene rings is 1. The molecule has 0 saturated carbocycles. The SMILES string of the molecule is c1ccc(-c2cc(-c3ccccc3)nc(-c3cccc4c(-c5ccc(N(c6ccccc6)c6ccc7c(c6)sc6ccccc67)cc5)cc5c6ccccc6oc5c34)n2)cc1. The van der Waals surface area contributed by atoms with Crippen LogP contribution in [0.1, 0.15) is 0 Å². The molecular weight excluding hydrogens is 763 g/mol. The number of fused-ring (bicyclic) bond motifs is 8.